The summed E-state index contributed by atoms with van der Waals surface area (Å²) in [6.07, 6.45) is 2.77. The Morgan fingerprint density at radius 2 is 1.88 bits per heavy atom. The number of hydrogen-bond donors (Lipinski definition) is 1. The van der Waals surface area contributed by atoms with Crippen molar-refractivity contribution >= 4 is 39.0 Å². The molecule has 1 heterocycles. The number of anilines is 1. The second-order valence-electron chi connectivity index (χ2n) is 9.58. The summed E-state index contributed by atoms with van der Waals surface area (Å²) >= 11 is 1.50. The first-order valence-electron chi connectivity index (χ1n) is 11.5. The summed E-state index contributed by atoms with van der Waals surface area (Å²) in [6.45, 7) is 8.74. The molecule has 33 heavy (non-hydrogen) atoms. The smallest absolute Gasteiger partial charge is 0.341 e. The van der Waals surface area contributed by atoms with E-state index in [4.69, 9.17) is 9.47 Å². The average molecular weight is 466 g/mol. The van der Waals surface area contributed by atoms with Gasteiger partial charge in [0.05, 0.1) is 12.2 Å². The van der Waals surface area contributed by atoms with Gasteiger partial charge in [0, 0.05) is 4.88 Å². The summed E-state index contributed by atoms with van der Waals surface area (Å²) < 4.78 is 11.1. The fourth-order valence-corrected chi connectivity index (χ4v) is 5.73. The van der Waals surface area contributed by atoms with E-state index in [0.717, 1.165) is 35.6 Å². The van der Waals surface area contributed by atoms with Crippen molar-refractivity contribution in [2.45, 2.75) is 47.0 Å². The minimum atomic E-state index is -0.366. The summed E-state index contributed by atoms with van der Waals surface area (Å²) in [7, 11) is 0. The molecule has 0 saturated carbocycles. The fourth-order valence-electron chi connectivity index (χ4n) is 4.40. The van der Waals surface area contributed by atoms with Crippen molar-refractivity contribution in [2.24, 2.45) is 11.3 Å². The molecular weight excluding hydrogens is 434 g/mol. The molecule has 0 spiro atoms. The number of benzene rings is 2. The number of hydrogen-bond acceptors (Lipinski definition) is 5. The van der Waals surface area contributed by atoms with E-state index in [1.54, 1.807) is 6.92 Å². The molecule has 3 aromatic rings. The second kappa shape index (κ2) is 9.56. The van der Waals surface area contributed by atoms with Crippen molar-refractivity contribution in [1.29, 1.82) is 0 Å². The van der Waals surface area contributed by atoms with Crippen LogP contribution in [0.2, 0.25) is 0 Å². The minimum Gasteiger partial charge on any atom is -0.484 e. The topological polar surface area (TPSA) is 64.6 Å². The van der Waals surface area contributed by atoms with Crippen LogP contribution in [0.25, 0.3) is 10.8 Å². The Morgan fingerprint density at radius 1 is 1.12 bits per heavy atom. The van der Waals surface area contributed by atoms with E-state index in [2.05, 4.69) is 26.1 Å². The van der Waals surface area contributed by atoms with Gasteiger partial charge in [0.25, 0.3) is 5.91 Å². The zero-order chi connectivity index (χ0) is 23.6. The molecule has 1 amide bonds. The minimum absolute atomic E-state index is 0.131. The molecule has 0 fully saturated rings. The zero-order valence-electron chi connectivity index (χ0n) is 19.7. The first kappa shape index (κ1) is 23.3. The third-order valence-corrected chi connectivity index (χ3v) is 7.48. The van der Waals surface area contributed by atoms with Crippen LogP contribution in [0.1, 0.15) is 54.9 Å². The van der Waals surface area contributed by atoms with Crippen molar-refractivity contribution in [3.63, 3.8) is 0 Å². The Kier molecular flexibility index (Phi) is 6.75. The van der Waals surface area contributed by atoms with Gasteiger partial charge in [0.1, 0.15) is 10.8 Å². The van der Waals surface area contributed by atoms with Crippen LogP contribution in [0, 0.1) is 11.3 Å². The highest BCUT2D eigenvalue weighted by Crippen LogP contribution is 2.44. The van der Waals surface area contributed by atoms with Crippen LogP contribution in [-0.4, -0.2) is 25.1 Å². The van der Waals surface area contributed by atoms with Crippen LogP contribution >= 0.6 is 11.3 Å². The number of nitrogens with one attached hydrogen (secondary N) is 1. The number of esters is 1. The van der Waals surface area contributed by atoms with Gasteiger partial charge >= 0.3 is 5.97 Å². The number of carbonyl (C=O) groups excluding carboxylic acids is 2. The van der Waals surface area contributed by atoms with E-state index < -0.39 is 0 Å². The molecular formula is C27H31NO4S. The summed E-state index contributed by atoms with van der Waals surface area (Å²) in [5.41, 5.74) is 1.75. The number of ether oxygens (including phenoxy) is 2. The van der Waals surface area contributed by atoms with Crippen molar-refractivity contribution in [2.75, 3.05) is 18.5 Å². The molecule has 1 N–H and O–H groups in total. The lowest BCUT2D eigenvalue weighted by Gasteiger charge is -2.33. The van der Waals surface area contributed by atoms with Crippen LogP contribution in [0.3, 0.4) is 0 Å². The molecule has 4 rings (SSSR count). The summed E-state index contributed by atoms with van der Waals surface area (Å²) in [5.74, 6) is 0.515. The Hall–Kier alpha value is -2.86. The van der Waals surface area contributed by atoms with Gasteiger partial charge in [-0.1, -0.05) is 51.1 Å². The quantitative estimate of drug-likeness (QED) is 0.437. The Morgan fingerprint density at radius 3 is 2.61 bits per heavy atom. The molecule has 6 heteroatoms. The van der Waals surface area contributed by atoms with Gasteiger partial charge in [-0.05, 0) is 66.0 Å². The SMILES string of the molecule is CCOC(=O)c1c(NC(=O)COc2ccc3ccccc3c2)sc2c1CCC(C(C)(C)C)C2. The van der Waals surface area contributed by atoms with Crippen LogP contribution in [0.5, 0.6) is 5.75 Å². The molecule has 1 atom stereocenters. The van der Waals surface area contributed by atoms with Gasteiger partial charge < -0.3 is 14.8 Å². The van der Waals surface area contributed by atoms with Gasteiger partial charge in [-0.15, -0.1) is 11.3 Å². The molecule has 0 bridgehead atoms. The van der Waals surface area contributed by atoms with Crippen LogP contribution in [-0.2, 0) is 22.4 Å². The molecule has 174 valence electrons. The van der Waals surface area contributed by atoms with E-state index in [1.165, 1.54) is 16.2 Å². The monoisotopic (exact) mass is 465 g/mol. The van der Waals surface area contributed by atoms with Gasteiger partial charge in [0.2, 0.25) is 0 Å². The molecule has 2 aromatic carbocycles. The maximum absolute atomic E-state index is 12.8. The molecule has 0 aliphatic heterocycles. The van der Waals surface area contributed by atoms with Crippen molar-refractivity contribution < 1.29 is 19.1 Å². The van der Waals surface area contributed by atoms with Crippen molar-refractivity contribution in [3.05, 3.63) is 58.5 Å². The van der Waals surface area contributed by atoms with Crippen molar-refractivity contribution in [3.8, 4) is 5.75 Å². The number of thiophene rings is 1. The average Bonchev–Trinajstić information content (AvgIpc) is 3.14. The third-order valence-electron chi connectivity index (χ3n) is 6.31. The Balaban J connectivity index is 1.50. The van der Waals surface area contributed by atoms with Crippen LogP contribution < -0.4 is 10.1 Å². The predicted octanol–water partition coefficient (Wildman–Crippen LogP) is 6.25. The lowest BCUT2D eigenvalue weighted by Crippen LogP contribution is -2.26. The van der Waals surface area contributed by atoms with Gasteiger partial charge in [0.15, 0.2) is 6.61 Å². The Labute approximate surface area is 199 Å². The highest BCUT2D eigenvalue weighted by Gasteiger charge is 2.34. The lowest BCUT2D eigenvalue weighted by atomic mass is 9.72. The van der Waals surface area contributed by atoms with E-state index in [-0.39, 0.29) is 23.9 Å². The van der Waals surface area contributed by atoms with Crippen LogP contribution in [0.15, 0.2) is 42.5 Å². The molecule has 1 aliphatic rings. The van der Waals surface area contributed by atoms with E-state index in [9.17, 15) is 9.59 Å². The molecule has 1 aliphatic carbocycles. The first-order chi connectivity index (χ1) is 15.8. The molecule has 5 nitrogen and oxygen atoms in total. The summed E-state index contributed by atoms with van der Waals surface area (Å²) in [5, 5.41) is 5.66. The summed E-state index contributed by atoms with van der Waals surface area (Å²) in [6, 6.07) is 13.8. The second-order valence-corrected chi connectivity index (χ2v) is 10.7. The summed E-state index contributed by atoms with van der Waals surface area (Å²) in [4.78, 5) is 26.7. The Bertz CT molecular complexity index is 1170. The standard InChI is InChI=1S/C27H31NO4S/c1-5-31-26(30)24-21-13-11-19(27(2,3)4)15-22(21)33-25(24)28-23(29)16-32-20-12-10-17-8-6-7-9-18(17)14-20/h6-10,12,14,19H,5,11,13,15-16H2,1-4H3,(H,28,29). The van der Waals surface area contributed by atoms with Crippen molar-refractivity contribution in [1.82, 2.24) is 0 Å². The maximum Gasteiger partial charge on any atom is 0.341 e. The predicted molar refractivity (Wildman–Crippen MR) is 133 cm³/mol. The number of carbonyl (C=O) groups is 2. The third kappa shape index (κ3) is 5.22. The molecule has 0 saturated heterocycles. The maximum atomic E-state index is 12.8. The van der Waals surface area contributed by atoms with Gasteiger partial charge in [-0.2, -0.15) is 0 Å². The largest absolute Gasteiger partial charge is 0.484 e. The normalized spacial score (nSPS) is 15.7. The fraction of sp³-hybridized carbons (Fsp3) is 0.407. The highest BCUT2D eigenvalue weighted by molar-refractivity contribution is 7.17. The zero-order valence-corrected chi connectivity index (χ0v) is 20.5. The molecule has 1 unspecified atom stereocenters. The van der Waals surface area contributed by atoms with E-state index in [0.29, 0.717) is 28.8 Å². The highest BCUT2D eigenvalue weighted by atomic mass is 32.1. The van der Waals surface area contributed by atoms with E-state index in [1.807, 2.05) is 42.5 Å². The number of rotatable bonds is 6. The number of amides is 1. The van der Waals surface area contributed by atoms with Gasteiger partial charge in [-0.3, -0.25) is 4.79 Å². The number of fused-ring (bicyclic) bond motifs is 2. The van der Waals surface area contributed by atoms with E-state index >= 15 is 0 Å². The first-order valence-corrected chi connectivity index (χ1v) is 12.3. The van der Waals surface area contributed by atoms with Crippen LogP contribution in [0.4, 0.5) is 5.00 Å². The molecule has 1 aromatic heterocycles. The lowest BCUT2D eigenvalue weighted by molar-refractivity contribution is -0.118. The molecule has 0 radical (unpaired) electrons. The van der Waals surface area contributed by atoms with Gasteiger partial charge in [-0.25, -0.2) is 4.79 Å².